The minimum Gasteiger partial charge on any atom is -0.463 e. The number of rotatable bonds is 5. The van der Waals surface area contributed by atoms with Crippen LogP contribution < -0.4 is 0 Å². The molecule has 0 N–H and O–H groups in total. The molecule has 0 aromatic rings. The highest BCUT2D eigenvalue weighted by atomic mass is 16.5. The van der Waals surface area contributed by atoms with E-state index in [1.54, 1.807) is 6.92 Å². The minimum absolute atomic E-state index is 0.0610. The number of hydrogen-bond donors (Lipinski definition) is 0. The normalized spacial score (nSPS) is 14.0. The molecule has 0 saturated carbocycles. The fourth-order valence-electron chi connectivity index (χ4n) is 0.929. The maximum Gasteiger partial charge on any atom is 0.330 e. The van der Waals surface area contributed by atoms with Gasteiger partial charge in [0.05, 0.1) is 6.61 Å². The van der Waals surface area contributed by atoms with Crippen molar-refractivity contribution in [1.29, 1.82) is 0 Å². The molecule has 2 nitrogen and oxygen atoms in total. The molecule has 14 heavy (non-hydrogen) atoms. The van der Waals surface area contributed by atoms with Gasteiger partial charge in [0.2, 0.25) is 0 Å². The fraction of sp³-hybridized carbons (Fsp3) is 0.583. The number of carbonyl (C=O) groups is 1. The first-order valence-electron chi connectivity index (χ1n) is 4.92. The smallest absolute Gasteiger partial charge is 0.330 e. The van der Waals surface area contributed by atoms with Crippen molar-refractivity contribution in [1.82, 2.24) is 0 Å². The molecule has 1 unspecified atom stereocenters. The molecule has 80 valence electrons. The number of allylic oxidation sites excluding steroid dienone is 2. The predicted molar refractivity (Wildman–Crippen MR) is 58.9 cm³/mol. The van der Waals surface area contributed by atoms with Crippen LogP contribution in [0.3, 0.4) is 0 Å². The van der Waals surface area contributed by atoms with Crippen LogP contribution in [0.1, 0.15) is 27.7 Å². The number of carbonyl (C=O) groups excluding carboxylic acids is 1. The van der Waals surface area contributed by atoms with Gasteiger partial charge in [0.15, 0.2) is 0 Å². The molecular formula is C12H20O2. The standard InChI is InChI=1S/C12H20O2/c1-6-10(3)12(4,5)9-8-11(13)14-7-2/h6,8-10H,1,7H2,2-5H3/b9-8+. The second-order valence-corrected chi connectivity index (χ2v) is 3.93. The van der Waals surface area contributed by atoms with E-state index in [4.69, 9.17) is 4.74 Å². The maximum atomic E-state index is 11.1. The van der Waals surface area contributed by atoms with Crippen LogP contribution in [0.5, 0.6) is 0 Å². The molecule has 0 heterocycles. The van der Waals surface area contributed by atoms with Crippen molar-refractivity contribution < 1.29 is 9.53 Å². The minimum atomic E-state index is -0.281. The molecule has 0 aliphatic carbocycles. The van der Waals surface area contributed by atoms with Crippen molar-refractivity contribution >= 4 is 5.97 Å². The van der Waals surface area contributed by atoms with Crippen LogP contribution >= 0.6 is 0 Å². The highest BCUT2D eigenvalue weighted by molar-refractivity contribution is 5.82. The van der Waals surface area contributed by atoms with Crippen molar-refractivity contribution in [3.05, 3.63) is 24.8 Å². The van der Waals surface area contributed by atoms with Gasteiger partial charge in [-0.1, -0.05) is 32.9 Å². The Morgan fingerprint density at radius 1 is 1.57 bits per heavy atom. The summed E-state index contributed by atoms with van der Waals surface area (Å²) in [6.07, 6.45) is 5.25. The topological polar surface area (TPSA) is 26.3 Å². The van der Waals surface area contributed by atoms with Crippen LogP contribution in [0.25, 0.3) is 0 Å². The Balaban J connectivity index is 4.33. The zero-order valence-corrected chi connectivity index (χ0v) is 9.54. The molecule has 1 atom stereocenters. The van der Waals surface area contributed by atoms with Crippen LogP contribution in [-0.4, -0.2) is 12.6 Å². The molecule has 0 saturated heterocycles. The van der Waals surface area contributed by atoms with Crippen molar-refractivity contribution in [3.63, 3.8) is 0 Å². The van der Waals surface area contributed by atoms with Gasteiger partial charge in [0, 0.05) is 6.08 Å². The maximum absolute atomic E-state index is 11.1. The lowest BCUT2D eigenvalue weighted by Crippen LogP contribution is -2.17. The van der Waals surface area contributed by atoms with E-state index in [0.29, 0.717) is 12.5 Å². The van der Waals surface area contributed by atoms with Gasteiger partial charge in [0.25, 0.3) is 0 Å². The second-order valence-electron chi connectivity index (χ2n) is 3.93. The summed E-state index contributed by atoms with van der Waals surface area (Å²) in [7, 11) is 0. The Hall–Kier alpha value is -1.05. The molecule has 0 rings (SSSR count). The van der Waals surface area contributed by atoms with Gasteiger partial charge in [-0.15, -0.1) is 6.58 Å². The predicted octanol–water partition coefficient (Wildman–Crippen LogP) is 2.95. The molecule has 0 aromatic carbocycles. The molecule has 0 aliphatic heterocycles. The summed E-state index contributed by atoms with van der Waals surface area (Å²) in [6, 6.07) is 0. The van der Waals surface area contributed by atoms with Crippen molar-refractivity contribution in [3.8, 4) is 0 Å². The summed E-state index contributed by atoms with van der Waals surface area (Å²) in [5.74, 6) is 0.0463. The molecular weight excluding hydrogens is 176 g/mol. The van der Waals surface area contributed by atoms with E-state index >= 15 is 0 Å². The monoisotopic (exact) mass is 196 g/mol. The zero-order chi connectivity index (χ0) is 11.2. The Labute approximate surface area is 86.6 Å². The van der Waals surface area contributed by atoms with E-state index in [9.17, 15) is 4.79 Å². The first kappa shape index (κ1) is 12.9. The Bertz CT molecular complexity index is 226. The number of ether oxygens (including phenoxy) is 1. The van der Waals surface area contributed by atoms with Crippen LogP contribution in [0.15, 0.2) is 24.8 Å². The molecule has 0 aliphatic rings. The highest BCUT2D eigenvalue weighted by Crippen LogP contribution is 2.28. The fourth-order valence-corrected chi connectivity index (χ4v) is 0.929. The Morgan fingerprint density at radius 3 is 2.57 bits per heavy atom. The molecule has 0 radical (unpaired) electrons. The summed E-state index contributed by atoms with van der Waals surface area (Å²) in [6.45, 7) is 12.2. The summed E-state index contributed by atoms with van der Waals surface area (Å²) in [5.41, 5.74) is -0.0610. The quantitative estimate of drug-likeness (QED) is 0.384. The Kier molecular flexibility index (Phi) is 5.21. The van der Waals surface area contributed by atoms with E-state index < -0.39 is 0 Å². The van der Waals surface area contributed by atoms with Crippen LogP contribution in [0.4, 0.5) is 0 Å². The first-order valence-corrected chi connectivity index (χ1v) is 4.92. The number of hydrogen-bond acceptors (Lipinski definition) is 2. The summed E-state index contributed by atoms with van der Waals surface area (Å²) in [4.78, 5) is 11.1. The lowest BCUT2D eigenvalue weighted by Gasteiger charge is -2.25. The SMILES string of the molecule is C=CC(C)C(C)(C)/C=C/C(=O)OCC. The second kappa shape index (κ2) is 5.63. The molecule has 0 amide bonds. The largest absolute Gasteiger partial charge is 0.463 e. The zero-order valence-electron chi connectivity index (χ0n) is 9.54. The van der Waals surface area contributed by atoms with Gasteiger partial charge in [-0.2, -0.15) is 0 Å². The molecule has 0 fully saturated rings. The van der Waals surface area contributed by atoms with Gasteiger partial charge < -0.3 is 4.74 Å². The van der Waals surface area contributed by atoms with Crippen LogP contribution in [0, 0.1) is 11.3 Å². The van der Waals surface area contributed by atoms with E-state index in [1.807, 2.05) is 12.2 Å². The Morgan fingerprint density at radius 2 is 2.14 bits per heavy atom. The molecule has 0 aromatic heterocycles. The number of esters is 1. The lowest BCUT2D eigenvalue weighted by molar-refractivity contribution is -0.137. The summed E-state index contributed by atoms with van der Waals surface area (Å²) in [5, 5.41) is 0. The van der Waals surface area contributed by atoms with Crippen LogP contribution in [0.2, 0.25) is 0 Å². The van der Waals surface area contributed by atoms with Gasteiger partial charge in [-0.3, -0.25) is 0 Å². The van der Waals surface area contributed by atoms with E-state index in [0.717, 1.165) is 0 Å². The molecule has 0 bridgehead atoms. The van der Waals surface area contributed by atoms with Crippen molar-refractivity contribution in [2.75, 3.05) is 6.61 Å². The average molecular weight is 196 g/mol. The lowest BCUT2D eigenvalue weighted by atomic mass is 9.80. The van der Waals surface area contributed by atoms with Gasteiger partial charge in [-0.25, -0.2) is 4.79 Å². The van der Waals surface area contributed by atoms with Crippen molar-refractivity contribution in [2.45, 2.75) is 27.7 Å². The third kappa shape index (κ3) is 4.26. The van der Waals surface area contributed by atoms with Crippen molar-refractivity contribution in [2.24, 2.45) is 11.3 Å². The van der Waals surface area contributed by atoms with Gasteiger partial charge in [0.1, 0.15) is 0 Å². The third-order valence-corrected chi connectivity index (χ3v) is 2.46. The van der Waals surface area contributed by atoms with Crippen LogP contribution in [-0.2, 0) is 9.53 Å². The summed E-state index contributed by atoms with van der Waals surface area (Å²) >= 11 is 0. The first-order chi connectivity index (χ1) is 6.44. The molecule has 2 heteroatoms. The average Bonchev–Trinajstić information content (AvgIpc) is 2.14. The highest BCUT2D eigenvalue weighted by Gasteiger charge is 2.20. The summed E-state index contributed by atoms with van der Waals surface area (Å²) < 4.78 is 4.80. The van der Waals surface area contributed by atoms with Gasteiger partial charge >= 0.3 is 5.97 Å². The molecule has 0 spiro atoms. The van der Waals surface area contributed by atoms with E-state index in [1.165, 1.54) is 6.08 Å². The third-order valence-electron chi connectivity index (χ3n) is 2.46. The van der Waals surface area contributed by atoms with E-state index in [-0.39, 0.29) is 11.4 Å². The van der Waals surface area contributed by atoms with Gasteiger partial charge in [-0.05, 0) is 18.3 Å². The van der Waals surface area contributed by atoms with E-state index in [2.05, 4.69) is 27.4 Å².